The minimum Gasteiger partial charge on any atom is -0.478 e. The van der Waals surface area contributed by atoms with E-state index in [2.05, 4.69) is 0 Å². The molecule has 0 saturated carbocycles. The Hall–Kier alpha value is -1.81. The van der Waals surface area contributed by atoms with Gasteiger partial charge in [-0.3, -0.25) is 4.79 Å². The van der Waals surface area contributed by atoms with Crippen LogP contribution in [0.3, 0.4) is 0 Å². The van der Waals surface area contributed by atoms with E-state index >= 15 is 0 Å². The number of carbonyl (C=O) groups is 2. The van der Waals surface area contributed by atoms with Crippen LogP contribution in [-0.2, 0) is 16.1 Å². The van der Waals surface area contributed by atoms with Crippen LogP contribution >= 0.6 is 11.6 Å². The highest BCUT2D eigenvalue weighted by molar-refractivity contribution is 6.31. The lowest BCUT2D eigenvalue weighted by Gasteiger charge is -2.19. The first-order valence-corrected chi connectivity index (χ1v) is 6.12. The fourth-order valence-electron chi connectivity index (χ4n) is 1.56. The summed E-state index contributed by atoms with van der Waals surface area (Å²) in [7, 11) is 1.62. The van der Waals surface area contributed by atoms with Crippen LogP contribution in [0.5, 0.6) is 0 Å². The number of benzene rings is 1. The van der Waals surface area contributed by atoms with Gasteiger partial charge in [0.1, 0.15) is 0 Å². The summed E-state index contributed by atoms with van der Waals surface area (Å²) in [6.07, 6.45) is 0. The Labute approximate surface area is 117 Å². The molecule has 102 valence electrons. The lowest BCUT2D eigenvalue weighted by molar-refractivity contribution is -0.133. The first kappa shape index (κ1) is 15.2. The van der Waals surface area contributed by atoms with Gasteiger partial charge < -0.3 is 10.0 Å². The number of likely N-dealkylation sites (N-methyl/N-ethyl adjacent to an activating group) is 1. The lowest BCUT2D eigenvalue weighted by Crippen LogP contribution is -2.28. The third-order valence-electron chi connectivity index (χ3n) is 2.92. The van der Waals surface area contributed by atoms with Crippen molar-refractivity contribution >= 4 is 23.5 Å². The van der Waals surface area contributed by atoms with Gasteiger partial charge in [-0.1, -0.05) is 29.8 Å². The molecule has 0 saturated heterocycles. The number of halogens is 1. The molecular weight excluding hydrogens is 266 g/mol. The van der Waals surface area contributed by atoms with Crippen LogP contribution in [0.4, 0.5) is 0 Å². The normalized spacial score (nSPS) is 11.8. The molecule has 0 aliphatic carbocycles. The summed E-state index contributed by atoms with van der Waals surface area (Å²) in [5.74, 6) is -1.41. The number of hydrogen-bond donors (Lipinski definition) is 1. The highest BCUT2D eigenvalue weighted by atomic mass is 35.5. The van der Waals surface area contributed by atoms with Crippen molar-refractivity contribution in [1.29, 1.82) is 0 Å². The summed E-state index contributed by atoms with van der Waals surface area (Å²) in [6, 6.07) is 7.23. The van der Waals surface area contributed by atoms with Gasteiger partial charge in [0.25, 0.3) is 0 Å². The molecule has 1 aromatic rings. The van der Waals surface area contributed by atoms with Gasteiger partial charge in [-0.15, -0.1) is 0 Å². The monoisotopic (exact) mass is 281 g/mol. The van der Waals surface area contributed by atoms with E-state index in [4.69, 9.17) is 16.7 Å². The number of aliphatic carboxylic acids is 1. The van der Waals surface area contributed by atoms with Gasteiger partial charge in [0.15, 0.2) is 0 Å². The number of carbonyl (C=O) groups excluding carboxylic acids is 1. The predicted molar refractivity (Wildman–Crippen MR) is 73.9 cm³/mol. The van der Waals surface area contributed by atoms with E-state index in [1.807, 2.05) is 18.2 Å². The fraction of sp³-hybridized carbons (Fsp3) is 0.286. The van der Waals surface area contributed by atoms with Crippen molar-refractivity contribution < 1.29 is 14.7 Å². The van der Waals surface area contributed by atoms with Crippen molar-refractivity contribution in [3.63, 3.8) is 0 Å². The Balaban J connectivity index is 2.88. The van der Waals surface area contributed by atoms with Crippen LogP contribution in [0.25, 0.3) is 0 Å². The first-order valence-electron chi connectivity index (χ1n) is 5.74. The molecule has 0 aliphatic rings. The molecule has 1 amide bonds. The zero-order valence-corrected chi connectivity index (χ0v) is 11.9. The maximum atomic E-state index is 12.1. The zero-order chi connectivity index (χ0) is 14.6. The number of amides is 1. The van der Waals surface area contributed by atoms with Gasteiger partial charge in [-0.2, -0.15) is 0 Å². The summed E-state index contributed by atoms with van der Waals surface area (Å²) in [5.41, 5.74) is 1.10. The van der Waals surface area contributed by atoms with Crippen molar-refractivity contribution in [1.82, 2.24) is 4.90 Å². The average Bonchev–Trinajstić information content (AvgIpc) is 2.38. The second-order valence-corrected chi connectivity index (χ2v) is 4.71. The third-order valence-corrected chi connectivity index (χ3v) is 3.28. The summed E-state index contributed by atoms with van der Waals surface area (Å²) in [5, 5.41) is 9.45. The standard InChI is InChI=1S/C14H16ClNO3/c1-9(10(2)14(18)19)13(17)16(3)8-11-6-4-5-7-12(11)15/h4-7H,8H2,1-3H3,(H,18,19). The molecule has 1 aromatic carbocycles. The molecule has 19 heavy (non-hydrogen) atoms. The molecule has 0 heterocycles. The van der Waals surface area contributed by atoms with E-state index in [0.29, 0.717) is 11.6 Å². The number of hydrogen-bond acceptors (Lipinski definition) is 2. The minimum atomic E-state index is -1.09. The molecule has 0 fully saturated rings. The molecule has 0 spiro atoms. The Morgan fingerprint density at radius 1 is 1.21 bits per heavy atom. The van der Waals surface area contributed by atoms with Crippen LogP contribution in [-0.4, -0.2) is 28.9 Å². The van der Waals surface area contributed by atoms with Crippen LogP contribution in [0.1, 0.15) is 19.4 Å². The molecule has 0 aliphatic heterocycles. The predicted octanol–water partition coefficient (Wildman–Crippen LogP) is 2.72. The maximum Gasteiger partial charge on any atom is 0.331 e. The fourth-order valence-corrected chi connectivity index (χ4v) is 1.76. The Morgan fingerprint density at radius 3 is 2.32 bits per heavy atom. The average molecular weight is 282 g/mol. The van der Waals surface area contributed by atoms with E-state index in [1.54, 1.807) is 13.1 Å². The van der Waals surface area contributed by atoms with Crippen molar-refractivity contribution in [2.45, 2.75) is 20.4 Å². The van der Waals surface area contributed by atoms with Crippen LogP contribution in [0.2, 0.25) is 5.02 Å². The van der Waals surface area contributed by atoms with Gasteiger partial charge in [-0.25, -0.2) is 4.79 Å². The quantitative estimate of drug-likeness (QED) is 0.863. The van der Waals surface area contributed by atoms with Crippen LogP contribution < -0.4 is 0 Å². The van der Waals surface area contributed by atoms with Gasteiger partial charge in [0.05, 0.1) is 0 Å². The molecule has 0 aromatic heterocycles. The maximum absolute atomic E-state index is 12.1. The molecule has 0 bridgehead atoms. The molecule has 0 atom stereocenters. The molecule has 1 rings (SSSR count). The van der Waals surface area contributed by atoms with Crippen molar-refractivity contribution in [2.24, 2.45) is 0 Å². The van der Waals surface area contributed by atoms with Crippen LogP contribution in [0, 0.1) is 0 Å². The summed E-state index contributed by atoms with van der Waals surface area (Å²) >= 11 is 6.02. The van der Waals surface area contributed by atoms with Crippen molar-refractivity contribution in [3.05, 3.63) is 46.0 Å². The van der Waals surface area contributed by atoms with Crippen molar-refractivity contribution in [3.8, 4) is 0 Å². The number of carboxylic acid groups (broad SMARTS) is 1. The molecular formula is C14H16ClNO3. The van der Waals surface area contributed by atoms with Gasteiger partial charge in [-0.05, 0) is 25.5 Å². The Morgan fingerprint density at radius 2 is 1.79 bits per heavy atom. The molecule has 5 heteroatoms. The van der Waals surface area contributed by atoms with E-state index in [1.165, 1.54) is 18.7 Å². The SMILES string of the molecule is CC(C(=O)O)=C(C)C(=O)N(C)Cc1ccccc1Cl. The highest BCUT2D eigenvalue weighted by Crippen LogP contribution is 2.17. The number of carboxylic acids is 1. The summed E-state index contributed by atoms with van der Waals surface area (Å²) in [4.78, 5) is 24.3. The Bertz CT molecular complexity index is 537. The number of nitrogens with zero attached hydrogens (tertiary/aromatic N) is 1. The second-order valence-electron chi connectivity index (χ2n) is 4.31. The first-order chi connectivity index (χ1) is 8.84. The highest BCUT2D eigenvalue weighted by Gasteiger charge is 2.17. The Kier molecular flexibility index (Phi) is 5.12. The second kappa shape index (κ2) is 6.38. The largest absolute Gasteiger partial charge is 0.478 e. The van der Waals surface area contributed by atoms with E-state index in [0.717, 1.165) is 5.56 Å². The topological polar surface area (TPSA) is 57.6 Å². The van der Waals surface area contributed by atoms with Gasteiger partial charge in [0, 0.05) is 29.8 Å². The lowest BCUT2D eigenvalue weighted by atomic mass is 10.1. The zero-order valence-electron chi connectivity index (χ0n) is 11.1. The molecule has 0 radical (unpaired) electrons. The van der Waals surface area contributed by atoms with Gasteiger partial charge in [0.2, 0.25) is 5.91 Å². The summed E-state index contributed by atoms with van der Waals surface area (Å²) < 4.78 is 0. The third kappa shape index (κ3) is 3.83. The van der Waals surface area contributed by atoms with Gasteiger partial charge >= 0.3 is 5.97 Å². The van der Waals surface area contributed by atoms with E-state index in [9.17, 15) is 9.59 Å². The van der Waals surface area contributed by atoms with E-state index < -0.39 is 5.97 Å². The smallest absolute Gasteiger partial charge is 0.331 e. The molecule has 1 N–H and O–H groups in total. The molecule has 0 unspecified atom stereocenters. The summed E-state index contributed by atoms with van der Waals surface area (Å²) in [6.45, 7) is 3.26. The molecule has 4 nitrogen and oxygen atoms in total. The minimum absolute atomic E-state index is 0.0519. The number of rotatable bonds is 4. The van der Waals surface area contributed by atoms with E-state index in [-0.39, 0.29) is 17.1 Å². The van der Waals surface area contributed by atoms with Crippen LogP contribution in [0.15, 0.2) is 35.4 Å². The van der Waals surface area contributed by atoms with Crippen molar-refractivity contribution in [2.75, 3.05) is 7.05 Å².